The summed E-state index contributed by atoms with van der Waals surface area (Å²) in [6, 6.07) is 14.9. The molecule has 0 N–H and O–H groups in total. The van der Waals surface area contributed by atoms with E-state index in [1.165, 1.54) is 31.4 Å². The van der Waals surface area contributed by atoms with Crippen molar-refractivity contribution in [3.8, 4) is 11.5 Å². The number of hydrogen-bond donors (Lipinski definition) is 0. The molecule has 3 aromatic carbocycles. The maximum atomic E-state index is 13.3. The SMILES string of the molecule is COc1cc(/C=C2\SC(=O)N(Cc3ccc(F)cc3Cl)C2=O)ccc1OCc1ccc(F)cc1. The van der Waals surface area contributed by atoms with E-state index < -0.39 is 17.0 Å². The number of nitrogens with zero attached hydrogens (tertiary/aromatic N) is 1. The lowest BCUT2D eigenvalue weighted by atomic mass is 10.1. The van der Waals surface area contributed by atoms with Gasteiger partial charge in [-0.15, -0.1) is 0 Å². The maximum Gasteiger partial charge on any atom is 0.293 e. The van der Waals surface area contributed by atoms with Crippen molar-refractivity contribution in [1.82, 2.24) is 4.90 Å². The molecule has 174 valence electrons. The molecule has 1 heterocycles. The lowest BCUT2D eigenvalue weighted by molar-refractivity contribution is -0.123. The average molecular weight is 502 g/mol. The molecule has 3 aromatic rings. The number of carbonyl (C=O) groups is 2. The van der Waals surface area contributed by atoms with Crippen LogP contribution in [0.15, 0.2) is 65.6 Å². The molecule has 34 heavy (non-hydrogen) atoms. The minimum Gasteiger partial charge on any atom is -0.493 e. The quantitative estimate of drug-likeness (QED) is 0.349. The first-order chi connectivity index (χ1) is 16.3. The van der Waals surface area contributed by atoms with Crippen molar-refractivity contribution in [2.45, 2.75) is 13.2 Å². The van der Waals surface area contributed by atoms with Crippen molar-refractivity contribution in [2.75, 3.05) is 7.11 Å². The van der Waals surface area contributed by atoms with Crippen molar-refractivity contribution in [1.29, 1.82) is 0 Å². The minimum atomic E-state index is -0.498. The summed E-state index contributed by atoms with van der Waals surface area (Å²) in [4.78, 5) is 26.6. The van der Waals surface area contributed by atoms with Gasteiger partial charge in [0.1, 0.15) is 18.2 Å². The monoisotopic (exact) mass is 501 g/mol. The van der Waals surface area contributed by atoms with Crippen LogP contribution in [0.3, 0.4) is 0 Å². The van der Waals surface area contributed by atoms with Crippen molar-refractivity contribution in [3.63, 3.8) is 0 Å². The Hall–Kier alpha value is -3.36. The molecular formula is C25H18ClF2NO4S. The molecule has 0 aromatic heterocycles. The van der Waals surface area contributed by atoms with Gasteiger partial charge in [-0.25, -0.2) is 8.78 Å². The first-order valence-corrected chi connectivity index (χ1v) is 11.3. The van der Waals surface area contributed by atoms with Gasteiger partial charge < -0.3 is 9.47 Å². The predicted molar refractivity (Wildman–Crippen MR) is 127 cm³/mol. The molecule has 1 saturated heterocycles. The zero-order chi connectivity index (χ0) is 24.2. The summed E-state index contributed by atoms with van der Waals surface area (Å²) in [7, 11) is 1.49. The van der Waals surface area contributed by atoms with Crippen LogP contribution < -0.4 is 9.47 Å². The zero-order valence-corrected chi connectivity index (χ0v) is 19.5. The highest BCUT2D eigenvalue weighted by molar-refractivity contribution is 8.18. The Morgan fingerprint density at radius 2 is 1.71 bits per heavy atom. The van der Waals surface area contributed by atoms with Crippen molar-refractivity contribution >= 4 is 40.6 Å². The Bertz CT molecular complexity index is 1280. The number of methoxy groups -OCH3 is 1. The molecule has 1 fully saturated rings. The van der Waals surface area contributed by atoms with Gasteiger partial charge in [-0.2, -0.15) is 0 Å². The minimum absolute atomic E-state index is 0.0550. The molecule has 1 aliphatic rings. The summed E-state index contributed by atoms with van der Waals surface area (Å²) in [5.41, 5.74) is 1.90. The van der Waals surface area contributed by atoms with Gasteiger partial charge in [-0.1, -0.05) is 35.9 Å². The number of halogens is 3. The highest BCUT2D eigenvalue weighted by Crippen LogP contribution is 2.36. The molecule has 0 radical (unpaired) electrons. The molecule has 0 atom stereocenters. The Morgan fingerprint density at radius 1 is 0.971 bits per heavy atom. The molecule has 1 aliphatic heterocycles. The van der Waals surface area contributed by atoms with Crippen LogP contribution in [-0.2, 0) is 17.9 Å². The van der Waals surface area contributed by atoms with E-state index in [1.807, 2.05) is 0 Å². The van der Waals surface area contributed by atoms with Crippen LogP contribution >= 0.6 is 23.4 Å². The smallest absolute Gasteiger partial charge is 0.293 e. The van der Waals surface area contributed by atoms with Gasteiger partial charge in [-0.3, -0.25) is 14.5 Å². The van der Waals surface area contributed by atoms with Crippen LogP contribution in [0.25, 0.3) is 6.08 Å². The second kappa shape index (κ2) is 10.3. The first-order valence-electron chi connectivity index (χ1n) is 10.1. The molecule has 0 unspecified atom stereocenters. The number of carbonyl (C=O) groups excluding carboxylic acids is 2. The van der Waals surface area contributed by atoms with Gasteiger partial charge >= 0.3 is 0 Å². The first kappa shape index (κ1) is 23.8. The van der Waals surface area contributed by atoms with E-state index in [4.69, 9.17) is 21.1 Å². The van der Waals surface area contributed by atoms with Gasteiger partial charge in [0.25, 0.3) is 11.1 Å². The summed E-state index contributed by atoms with van der Waals surface area (Å²) in [6.07, 6.45) is 1.59. The number of benzene rings is 3. The Labute approximate surface area is 203 Å². The third kappa shape index (κ3) is 5.40. The van der Waals surface area contributed by atoms with Crippen LogP contribution in [0, 0.1) is 11.6 Å². The molecular weight excluding hydrogens is 484 g/mol. The van der Waals surface area contributed by atoms with Crippen LogP contribution in [0.1, 0.15) is 16.7 Å². The van der Waals surface area contributed by atoms with E-state index in [0.717, 1.165) is 28.3 Å². The van der Waals surface area contributed by atoms with Crippen molar-refractivity contribution < 1.29 is 27.8 Å². The normalized spacial score (nSPS) is 14.7. The van der Waals surface area contributed by atoms with Crippen LogP contribution in [0.5, 0.6) is 11.5 Å². The largest absolute Gasteiger partial charge is 0.493 e. The molecule has 2 amide bonds. The second-order valence-corrected chi connectivity index (χ2v) is 8.73. The lowest BCUT2D eigenvalue weighted by Gasteiger charge is -2.13. The number of rotatable bonds is 7. The predicted octanol–water partition coefficient (Wildman–Crippen LogP) is 6.44. The fraction of sp³-hybridized carbons (Fsp3) is 0.120. The third-order valence-electron chi connectivity index (χ3n) is 5.01. The third-order valence-corrected chi connectivity index (χ3v) is 6.27. The van der Waals surface area contributed by atoms with E-state index >= 15 is 0 Å². The Balaban J connectivity index is 1.48. The highest BCUT2D eigenvalue weighted by atomic mass is 35.5. The summed E-state index contributed by atoms with van der Waals surface area (Å²) >= 11 is 6.85. The van der Waals surface area contributed by atoms with E-state index in [-0.39, 0.29) is 28.9 Å². The molecule has 0 spiro atoms. The number of thioether (sulfide) groups is 1. The van der Waals surface area contributed by atoms with Gasteiger partial charge in [-0.05, 0) is 70.9 Å². The van der Waals surface area contributed by atoms with Gasteiger partial charge in [0.05, 0.1) is 18.6 Å². The van der Waals surface area contributed by atoms with Crippen LogP contribution in [-0.4, -0.2) is 23.2 Å². The zero-order valence-electron chi connectivity index (χ0n) is 17.9. The second-order valence-electron chi connectivity index (χ2n) is 7.33. The summed E-state index contributed by atoms with van der Waals surface area (Å²) in [6.45, 7) is 0.168. The fourth-order valence-electron chi connectivity index (χ4n) is 3.24. The molecule has 0 bridgehead atoms. The fourth-order valence-corrected chi connectivity index (χ4v) is 4.31. The van der Waals surface area contributed by atoms with Crippen LogP contribution in [0.2, 0.25) is 5.02 Å². The van der Waals surface area contributed by atoms with E-state index in [0.29, 0.717) is 22.6 Å². The summed E-state index contributed by atoms with van der Waals surface area (Å²) in [5, 5.41) is -0.299. The topological polar surface area (TPSA) is 55.8 Å². The number of ether oxygens (including phenoxy) is 2. The highest BCUT2D eigenvalue weighted by Gasteiger charge is 2.35. The van der Waals surface area contributed by atoms with E-state index in [1.54, 1.807) is 36.4 Å². The van der Waals surface area contributed by atoms with Gasteiger partial charge in [0.2, 0.25) is 0 Å². The average Bonchev–Trinajstić information content (AvgIpc) is 3.08. The molecule has 4 rings (SSSR count). The van der Waals surface area contributed by atoms with Gasteiger partial charge in [0.15, 0.2) is 11.5 Å². The molecule has 9 heteroatoms. The lowest BCUT2D eigenvalue weighted by Crippen LogP contribution is -2.27. The summed E-state index contributed by atoms with van der Waals surface area (Å²) < 4.78 is 37.5. The Morgan fingerprint density at radius 3 is 2.41 bits per heavy atom. The van der Waals surface area contributed by atoms with E-state index in [2.05, 4.69) is 0 Å². The van der Waals surface area contributed by atoms with E-state index in [9.17, 15) is 18.4 Å². The maximum absolute atomic E-state index is 13.3. The number of amides is 2. The van der Waals surface area contributed by atoms with Crippen LogP contribution in [0.4, 0.5) is 13.6 Å². The Kier molecular flexibility index (Phi) is 7.19. The van der Waals surface area contributed by atoms with Crippen molar-refractivity contribution in [3.05, 3.63) is 98.9 Å². The standard InChI is InChI=1S/C25H18ClF2NO4S/c1-32-22-10-16(4-9-21(22)33-14-15-2-6-18(27)7-3-15)11-23-24(30)29(25(31)34-23)13-17-5-8-19(28)12-20(17)26/h2-12H,13-14H2,1H3/b23-11-. The molecule has 0 saturated carbocycles. The molecule has 5 nitrogen and oxygen atoms in total. The van der Waals surface area contributed by atoms with Gasteiger partial charge in [0, 0.05) is 5.02 Å². The molecule has 0 aliphatic carbocycles. The number of imide groups is 1. The number of hydrogen-bond acceptors (Lipinski definition) is 5. The van der Waals surface area contributed by atoms with Crippen molar-refractivity contribution in [2.24, 2.45) is 0 Å². The summed E-state index contributed by atoms with van der Waals surface area (Å²) in [5.74, 6) is -0.375.